The molecular formula is C48H49N3O4. The van der Waals surface area contributed by atoms with Crippen LogP contribution in [0.1, 0.15) is 56.1 Å². The van der Waals surface area contributed by atoms with Crippen molar-refractivity contribution in [1.29, 1.82) is 0 Å². The summed E-state index contributed by atoms with van der Waals surface area (Å²) in [6, 6.07) is 27.2. The van der Waals surface area contributed by atoms with E-state index in [1.165, 1.54) is 5.56 Å². The Kier molecular flexibility index (Phi) is 14.2. The first kappa shape index (κ1) is 39.0. The summed E-state index contributed by atoms with van der Waals surface area (Å²) in [6.45, 7) is 0. The van der Waals surface area contributed by atoms with Gasteiger partial charge in [0.2, 0.25) is 0 Å². The van der Waals surface area contributed by atoms with Gasteiger partial charge in [0.05, 0.1) is 11.4 Å². The third-order valence-corrected chi connectivity index (χ3v) is 10.2. The fraction of sp³-hybridized carbons (Fsp3) is 0.292. The van der Waals surface area contributed by atoms with Gasteiger partial charge in [0.25, 0.3) is 0 Å². The number of nitrogens with one attached hydrogen (secondary N) is 1. The van der Waals surface area contributed by atoms with Gasteiger partial charge in [0.1, 0.15) is 17.3 Å². The molecule has 55 heavy (non-hydrogen) atoms. The zero-order valence-corrected chi connectivity index (χ0v) is 31.2. The van der Waals surface area contributed by atoms with E-state index in [1.807, 2.05) is 109 Å². The maximum Gasteiger partial charge on any atom is 0.179 e. The van der Waals surface area contributed by atoms with Gasteiger partial charge >= 0.3 is 0 Å². The predicted octanol–water partition coefficient (Wildman–Crippen LogP) is 9.06. The largest absolute Gasteiger partial charge is 0.369 e. The minimum atomic E-state index is -1.27. The van der Waals surface area contributed by atoms with Gasteiger partial charge in [-0.1, -0.05) is 109 Å². The van der Waals surface area contributed by atoms with Crippen LogP contribution >= 0.6 is 0 Å². The number of aliphatic hydroxyl groups excluding tert-OH is 1. The molecule has 7 heteroatoms. The Balaban J connectivity index is 0.997. The van der Waals surface area contributed by atoms with Crippen LogP contribution in [0.15, 0.2) is 161 Å². The summed E-state index contributed by atoms with van der Waals surface area (Å²) in [5.41, 5.74) is 4.58. The average molecular weight is 732 g/mol. The Hall–Kier alpha value is -5.75. The first-order valence-corrected chi connectivity index (χ1v) is 19.4. The maximum atomic E-state index is 13.4. The fourth-order valence-corrected chi connectivity index (χ4v) is 7.04. The molecule has 0 aliphatic heterocycles. The molecule has 5 unspecified atom stereocenters. The van der Waals surface area contributed by atoms with Gasteiger partial charge in [-0.2, -0.15) is 0 Å². The molecule has 0 heterocycles. The van der Waals surface area contributed by atoms with Crippen LogP contribution in [0.3, 0.4) is 0 Å². The van der Waals surface area contributed by atoms with Crippen molar-refractivity contribution in [2.45, 2.75) is 64.0 Å². The average Bonchev–Trinajstić information content (AvgIpc) is 3.23. The van der Waals surface area contributed by atoms with Crippen molar-refractivity contribution in [3.63, 3.8) is 0 Å². The summed E-state index contributed by atoms with van der Waals surface area (Å²) in [7, 11) is 0. The van der Waals surface area contributed by atoms with Crippen molar-refractivity contribution in [2.24, 2.45) is 33.7 Å². The van der Waals surface area contributed by atoms with Crippen LogP contribution in [-0.4, -0.2) is 40.8 Å². The summed E-state index contributed by atoms with van der Waals surface area (Å²) < 4.78 is 0. The highest BCUT2D eigenvalue weighted by Crippen LogP contribution is 2.25. The van der Waals surface area contributed by atoms with Crippen LogP contribution in [0.5, 0.6) is 0 Å². The second kappa shape index (κ2) is 20.1. The predicted molar refractivity (Wildman–Crippen MR) is 221 cm³/mol. The molecule has 0 saturated carbocycles. The SMILES string of the molecule is O=C(C(=C=Nc1ccccc1)C(O)NC1=CCC(Cc2ccc(CCCC(=O)C(C=Nc3ccccc3)C(=O)C3C=CCCC3)cc2)C=C1)C1C=CC=CC1. The molecule has 7 nitrogen and oxygen atoms in total. The second-order valence-electron chi connectivity index (χ2n) is 14.4. The highest BCUT2D eigenvalue weighted by Gasteiger charge is 2.30. The molecule has 0 aromatic heterocycles. The van der Waals surface area contributed by atoms with Crippen molar-refractivity contribution in [3.8, 4) is 0 Å². The highest BCUT2D eigenvalue weighted by atomic mass is 16.3. The topological polar surface area (TPSA) is 108 Å². The molecule has 3 aromatic rings. The van der Waals surface area contributed by atoms with Crippen molar-refractivity contribution in [2.75, 3.05) is 0 Å². The Bertz CT molecular complexity index is 2030. The third-order valence-electron chi connectivity index (χ3n) is 10.2. The number of nitrogens with zero attached hydrogens (tertiary/aromatic N) is 2. The number of benzene rings is 3. The fourth-order valence-electron chi connectivity index (χ4n) is 7.04. The number of para-hydroxylation sites is 2. The molecule has 2 N–H and O–H groups in total. The molecule has 0 bridgehead atoms. The lowest BCUT2D eigenvalue weighted by molar-refractivity contribution is -0.131. The smallest absolute Gasteiger partial charge is 0.179 e. The number of ketones is 3. The van der Waals surface area contributed by atoms with Gasteiger partial charge in [-0.15, -0.1) is 0 Å². The first-order valence-electron chi connectivity index (χ1n) is 19.4. The zero-order valence-electron chi connectivity index (χ0n) is 31.2. The van der Waals surface area contributed by atoms with Crippen molar-refractivity contribution >= 4 is 40.8 Å². The first-order chi connectivity index (χ1) is 26.9. The Morgan fingerprint density at radius 2 is 1.58 bits per heavy atom. The number of allylic oxidation sites excluding steroid dienone is 9. The number of aliphatic imine (C=N–C) groups is 2. The highest BCUT2D eigenvalue weighted by molar-refractivity contribution is 6.15. The number of carbonyl (C=O) groups excluding carboxylic acids is 3. The molecule has 5 atom stereocenters. The molecule has 0 radical (unpaired) electrons. The molecule has 3 aliphatic rings. The van der Waals surface area contributed by atoms with Crippen LogP contribution < -0.4 is 5.32 Å². The Morgan fingerprint density at radius 3 is 2.25 bits per heavy atom. The van der Waals surface area contributed by atoms with Crippen molar-refractivity contribution in [1.82, 2.24) is 5.32 Å². The number of Topliss-reactive ketones (excluding diaryl/α,β-unsaturated/α-hetero) is 3. The lowest BCUT2D eigenvalue weighted by atomic mass is 9.83. The van der Waals surface area contributed by atoms with Gasteiger partial charge in [-0.05, 0) is 105 Å². The molecule has 0 saturated heterocycles. The lowest BCUT2D eigenvalue weighted by Crippen LogP contribution is -2.35. The van der Waals surface area contributed by atoms with Gasteiger partial charge in [0, 0.05) is 30.2 Å². The minimum Gasteiger partial charge on any atom is -0.369 e. The summed E-state index contributed by atoms with van der Waals surface area (Å²) in [6.07, 6.45) is 24.6. The monoisotopic (exact) mass is 731 g/mol. The standard InChI is InChI=1S/C48H49N3O4/c52-45(43(33-49-40-19-9-3-10-20-40)46(53)38-15-5-1-6-16-38)23-13-14-35-24-26-36(27-25-35)32-37-28-30-42(31-29-37)51-48(55)44(34-50-41-21-11-4-12-22-41)47(54)39-17-7-2-8-18-39/h2-5,7-12,15,17,19-22,24-28,30-31,33,37-39,43,48,51,55H,1,6,13-14,16,18,23,29,32H2. The van der Waals surface area contributed by atoms with E-state index in [0.717, 1.165) is 55.5 Å². The van der Waals surface area contributed by atoms with Crippen LogP contribution in [-0.2, 0) is 27.2 Å². The zero-order chi connectivity index (χ0) is 38.2. The molecular weight excluding hydrogens is 683 g/mol. The summed E-state index contributed by atoms with van der Waals surface area (Å²) in [5, 5.41) is 14.3. The number of hydrogen-bond acceptors (Lipinski definition) is 7. The van der Waals surface area contributed by atoms with Crippen LogP contribution in [0.2, 0.25) is 0 Å². The van der Waals surface area contributed by atoms with Crippen LogP contribution in [0.25, 0.3) is 0 Å². The third kappa shape index (κ3) is 11.6. The van der Waals surface area contributed by atoms with E-state index < -0.39 is 12.1 Å². The quantitative estimate of drug-likeness (QED) is 0.0474. The van der Waals surface area contributed by atoms with E-state index in [1.54, 1.807) is 6.21 Å². The number of carbonyl (C=O) groups is 3. The van der Waals surface area contributed by atoms with E-state index in [0.29, 0.717) is 24.9 Å². The molecule has 0 spiro atoms. The molecule has 3 aromatic carbocycles. The van der Waals surface area contributed by atoms with E-state index in [2.05, 4.69) is 51.5 Å². The van der Waals surface area contributed by atoms with Gasteiger partial charge < -0.3 is 10.4 Å². The van der Waals surface area contributed by atoms with Gasteiger partial charge in [-0.3, -0.25) is 19.4 Å². The van der Waals surface area contributed by atoms with E-state index in [9.17, 15) is 19.5 Å². The number of aryl methyl sites for hydroxylation is 1. The second-order valence-corrected chi connectivity index (χ2v) is 14.4. The van der Waals surface area contributed by atoms with Gasteiger partial charge in [-0.25, -0.2) is 4.99 Å². The minimum absolute atomic E-state index is 0.0502. The van der Waals surface area contributed by atoms with Gasteiger partial charge in [0.15, 0.2) is 17.8 Å². The van der Waals surface area contributed by atoms with E-state index in [-0.39, 0.29) is 40.7 Å². The lowest BCUT2D eigenvalue weighted by Gasteiger charge is -2.22. The van der Waals surface area contributed by atoms with E-state index >= 15 is 0 Å². The number of hydrogen-bond donors (Lipinski definition) is 2. The maximum absolute atomic E-state index is 13.4. The van der Waals surface area contributed by atoms with Crippen LogP contribution in [0, 0.1) is 23.7 Å². The number of rotatable bonds is 17. The van der Waals surface area contributed by atoms with Crippen molar-refractivity contribution < 1.29 is 19.5 Å². The summed E-state index contributed by atoms with van der Waals surface area (Å²) in [5.74, 6) is 1.36. The molecule has 0 amide bonds. The number of aliphatic hydroxyl groups is 1. The van der Waals surface area contributed by atoms with Crippen LogP contribution in [0.4, 0.5) is 11.4 Å². The summed E-state index contributed by atoms with van der Waals surface area (Å²) >= 11 is 0. The normalized spacial score (nSPS) is 19.9. The molecule has 3 aliphatic carbocycles. The van der Waals surface area contributed by atoms with E-state index in [4.69, 9.17) is 0 Å². The van der Waals surface area contributed by atoms with Crippen molar-refractivity contribution in [3.05, 3.63) is 162 Å². The Labute approximate surface area is 324 Å². The molecule has 0 fully saturated rings. The molecule has 6 rings (SSSR count). The summed E-state index contributed by atoms with van der Waals surface area (Å²) in [4.78, 5) is 49.1. The Morgan fingerprint density at radius 1 is 0.836 bits per heavy atom. The molecule has 280 valence electrons.